The van der Waals surface area contributed by atoms with E-state index in [9.17, 15) is 0 Å². The van der Waals surface area contributed by atoms with E-state index < -0.39 is 5.66 Å². The minimum Gasteiger partial charge on any atom is -0.494 e. The lowest BCUT2D eigenvalue weighted by Gasteiger charge is -2.41. The molecule has 3 aliphatic heterocycles. The van der Waals surface area contributed by atoms with Gasteiger partial charge >= 0.3 is 0 Å². The Balaban J connectivity index is 1.44. The third kappa shape index (κ3) is 6.84. The zero-order valence-electron chi connectivity index (χ0n) is 26.4. The average Bonchev–Trinajstić information content (AvgIpc) is 3.72. The van der Waals surface area contributed by atoms with Gasteiger partial charge in [-0.1, -0.05) is 47.5 Å². The normalized spacial score (nSPS) is 24.4. The molecule has 0 aromatic heterocycles. The highest BCUT2D eigenvalue weighted by Gasteiger charge is 2.54. The highest BCUT2D eigenvalue weighted by Crippen LogP contribution is 2.46. The third-order valence-corrected chi connectivity index (χ3v) is 9.80. The summed E-state index contributed by atoms with van der Waals surface area (Å²) in [4.78, 5) is 19.8. The van der Waals surface area contributed by atoms with Crippen molar-refractivity contribution in [1.29, 1.82) is 0 Å². The Morgan fingerprint density at radius 1 is 0.867 bits per heavy atom. The van der Waals surface area contributed by atoms with Crippen LogP contribution >= 0.6 is 23.2 Å². The van der Waals surface area contributed by atoms with Gasteiger partial charge in [0.2, 0.25) is 0 Å². The van der Waals surface area contributed by atoms with E-state index in [1.807, 2.05) is 92.4 Å². The van der Waals surface area contributed by atoms with Crippen LogP contribution in [0.15, 0.2) is 66.7 Å². The Labute approximate surface area is 277 Å². The van der Waals surface area contributed by atoms with Gasteiger partial charge in [0.15, 0.2) is 5.66 Å². The average molecular weight is 652 g/mol. The fourth-order valence-electron chi connectivity index (χ4n) is 7.16. The molecule has 0 saturated carbocycles. The predicted molar refractivity (Wildman–Crippen MR) is 180 cm³/mol. The summed E-state index contributed by atoms with van der Waals surface area (Å²) in [5, 5.41) is 9.00. The van der Waals surface area contributed by atoms with Crippen LogP contribution in [-0.4, -0.2) is 60.6 Å². The molecule has 1 amide bonds. The van der Waals surface area contributed by atoms with Gasteiger partial charge in [0.05, 0.1) is 24.8 Å². The highest BCUT2D eigenvalue weighted by atomic mass is 35.5. The molecular weight excluding hydrogens is 607 g/mol. The quantitative estimate of drug-likeness (QED) is 0.258. The molecule has 3 aliphatic rings. The van der Waals surface area contributed by atoms with Gasteiger partial charge in [-0.2, -0.15) is 0 Å². The standard InChI is InChI=1S/C36H44Cl2N4O3/c1-4-44-30-15-16-31(32(23-30)45-24(2)3)36(35(43)42-21-17-29(18-22-42)41-19-5-6-20-41)39-33(25-7-11-27(37)12-8-25)34(40-36)26-9-13-28(38)14-10-26/h7-16,23-24,29,33-34,39-40H,4-6,17-22H2,1-3H3. The first-order valence-electron chi connectivity index (χ1n) is 16.3. The smallest absolute Gasteiger partial charge is 0.262 e. The van der Waals surface area contributed by atoms with Gasteiger partial charge in [0, 0.05) is 40.8 Å². The SMILES string of the molecule is CCOc1ccc(C2(C(=O)N3CCC(N4CCCC4)CC3)NC(c3ccc(Cl)cc3)C(c3ccc(Cl)cc3)N2)c(OC(C)C)c1. The number of halogens is 2. The fraction of sp³-hybridized carbons (Fsp3) is 0.472. The van der Waals surface area contributed by atoms with Crippen LogP contribution in [0.3, 0.4) is 0 Å². The molecule has 45 heavy (non-hydrogen) atoms. The van der Waals surface area contributed by atoms with Crippen LogP contribution in [0.2, 0.25) is 10.0 Å². The van der Waals surface area contributed by atoms with Crippen molar-refractivity contribution in [2.24, 2.45) is 0 Å². The number of hydrogen-bond donors (Lipinski definition) is 2. The Kier molecular flexibility index (Phi) is 9.93. The summed E-state index contributed by atoms with van der Waals surface area (Å²) in [6.45, 7) is 10.2. The minimum atomic E-state index is -1.27. The first-order valence-corrected chi connectivity index (χ1v) is 17.1. The molecule has 9 heteroatoms. The number of hydrogen-bond acceptors (Lipinski definition) is 6. The van der Waals surface area contributed by atoms with Crippen LogP contribution in [0.4, 0.5) is 0 Å². The second-order valence-corrected chi connectivity index (χ2v) is 13.5. The second kappa shape index (κ2) is 13.9. The van der Waals surface area contributed by atoms with E-state index in [4.69, 9.17) is 32.7 Å². The molecule has 2 N–H and O–H groups in total. The van der Waals surface area contributed by atoms with Gasteiger partial charge in [-0.3, -0.25) is 15.4 Å². The van der Waals surface area contributed by atoms with Crippen LogP contribution in [-0.2, 0) is 10.5 Å². The molecule has 0 bridgehead atoms. The van der Waals surface area contributed by atoms with Gasteiger partial charge in [0.25, 0.3) is 5.91 Å². The molecule has 3 saturated heterocycles. The van der Waals surface area contributed by atoms with E-state index in [1.54, 1.807) is 0 Å². The molecule has 2 unspecified atom stereocenters. The number of likely N-dealkylation sites (tertiary alicyclic amines) is 2. The molecule has 240 valence electrons. The van der Waals surface area contributed by atoms with Crippen molar-refractivity contribution in [2.45, 2.75) is 76.3 Å². The van der Waals surface area contributed by atoms with Crippen molar-refractivity contribution in [3.63, 3.8) is 0 Å². The van der Waals surface area contributed by atoms with Crippen molar-refractivity contribution in [1.82, 2.24) is 20.4 Å². The molecule has 6 rings (SSSR count). The third-order valence-electron chi connectivity index (χ3n) is 9.30. The monoisotopic (exact) mass is 650 g/mol. The molecule has 3 fully saturated rings. The van der Waals surface area contributed by atoms with E-state index in [1.165, 1.54) is 25.9 Å². The van der Waals surface area contributed by atoms with Gasteiger partial charge in [0.1, 0.15) is 11.5 Å². The zero-order valence-corrected chi connectivity index (χ0v) is 27.9. The molecular formula is C36H44Cl2N4O3. The number of amides is 1. The molecule has 3 heterocycles. The number of carbonyl (C=O) groups excluding carboxylic acids is 1. The van der Waals surface area contributed by atoms with E-state index in [0.717, 1.165) is 29.5 Å². The Morgan fingerprint density at radius 2 is 1.42 bits per heavy atom. The Bertz CT molecular complexity index is 1400. The van der Waals surface area contributed by atoms with Crippen molar-refractivity contribution < 1.29 is 14.3 Å². The maximum absolute atomic E-state index is 15.1. The molecule has 3 aromatic carbocycles. The molecule has 7 nitrogen and oxygen atoms in total. The lowest BCUT2D eigenvalue weighted by atomic mass is 9.94. The van der Waals surface area contributed by atoms with E-state index >= 15 is 4.79 Å². The second-order valence-electron chi connectivity index (χ2n) is 12.6. The van der Waals surface area contributed by atoms with Crippen LogP contribution in [0.1, 0.15) is 75.2 Å². The maximum atomic E-state index is 15.1. The number of piperidine rings is 1. The van der Waals surface area contributed by atoms with Crippen LogP contribution in [0.25, 0.3) is 0 Å². The highest BCUT2D eigenvalue weighted by molar-refractivity contribution is 6.30. The lowest BCUT2D eigenvalue weighted by molar-refractivity contribution is -0.141. The largest absolute Gasteiger partial charge is 0.494 e. The Morgan fingerprint density at radius 3 is 1.93 bits per heavy atom. The number of benzene rings is 3. The van der Waals surface area contributed by atoms with E-state index in [0.29, 0.717) is 47.3 Å². The van der Waals surface area contributed by atoms with Crippen LogP contribution in [0.5, 0.6) is 11.5 Å². The summed E-state index contributed by atoms with van der Waals surface area (Å²) in [5.41, 5.74) is 1.50. The van der Waals surface area contributed by atoms with Crippen LogP contribution < -0.4 is 20.1 Å². The summed E-state index contributed by atoms with van der Waals surface area (Å²) in [6.07, 6.45) is 4.38. The molecule has 0 spiro atoms. The molecule has 0 radical (unpaired) electrons. The number of nitrogens with one attached hydrogen (secondary N) is 2. The first-order chi connectivity index (χ1) is 21.8. The van der Waals surface area contributed by atoms with Crippen molar-refractivity contribution in [2.75, 3.05) is 32.8 Å². The molecule has 3 aromatic rings. The summed E-state index contributed by atoms with van der Waals surface area (Å²) >= 11 is 12.6. The van der Waals surface area contributed by atoms with E-state index in [2.05, 4.69) is 15.5 Å². The van der Waals surface area contributed by atoms with Gasteiger partial charge in [-0.15, -0.1) is 0 Å². The minimum absolute atomic E-state index is 0.00411. The van der Waals surface area contributed by atoms with Crippen molar-refractivity contribution >= 4 is 29.1 Å². The lowest BCUT2D eigenvalue weighted by Crippen LogP contribution is -2.61. The Hall–Kier alpha value is -2.81. The molecule has 2 atom stereocenters. The number of carbonyl (C=O) groups is 1. The van der Waals surface area contributed by atoms with Gasteiger partial charge in [-0.25, -0.2) is 0 Å². The topological polar surface area (TPSA) is 66.1 Å². The fourth-order valence-corrected chi connectivity index (χ4v) is 7.41. The number of nitrogens with zero attached hydrogens (tertiary/aromatic N) is 2. The van der Waals surface area contributed by atoms with Crippen molar-refractivity contribution in [3.05, 3.63) is 93.5 Å². The summed E-state index contributed by atoms with van der Waals surface area (Å²) in [6, 6.07) is 21.5. The van der Waals surface area contributed by atoms with Crippen LogP contribution in [0, 0.1) is 0 Å². The van der Waals surface area contributed by atoms with Crippen molar-refractivity contribution in [3.8, 4) is 11.5 Å². The summed E-state index contributed by atoms with van der Waals surface area (Å²) < 4.78 is 12.3. The predicted octanol–water partition coefficient (Wildman–Crippen LogP) is 7.09. The number of ether oxygens (including phenoxy) is 2. The zero-order chi connectivity index (χ0) is 31.6. The maximum Gasteiger partial charge on any atom is 0.262 e. The van der Waals surface area contributed by atoms with Gasteiger partial charge < -0.3 is 19.3 Å². The summed E-state index contributed by atoms with van der Waals surface area (Å²) in [7, 11) is 0. The molecule has 0 aliphatic carbocycles. The summed E-state index contributed by atoms with van der Waals surface area (Å²) in [5.74, 6) is 1.31. The number of rotatable bonds is 9. The first kappa shape index (κ1) is 32.1. The van der Waals surface area contributed by atoms with E-state index in [-0.39, 0.29) is 24.1 Å². The van der Waals surface area contributed by atoms with Gasteiger partial charge in [-0.05, 0) is 107 Å².